The topological polar surface area (TPSA) is 89.8 Å². The third kappa shape index (κ3) is 2.45. The maximum Gasteiger partial charge on any atom is 0.343 e. The Labute approximate surface area is 102 Å². The van der Waals surface area contributed by atoms with Gasteiger partial charge in [-0.3, -0.25) is 4.57 Å². The van der Waals surface area contributed by atoms with Crippen molar-refractivity contribution in [2.24, 2.45) is 5.73 Å². The van der Waals surface area contributed by atoms with E-state index in [0.29, 0.717) is 18.2 Å². The summed E-state index contributed by atoms with van der Waals surface area (Å²) in [5.41, 5.74) is 5.50. The van der Waals surface area contributed by atoms with Gasteiger partial charge in [-0.05, 0) is 19.1 Å². The molecule has 0 saturated carbocycles. The van der Waals surface area contributed by atoms with Crippen molar-refractivity contribution in [1.29, 1.82) is 0 Å². The van der Waals surface area contributed by atoms with Crippen molar-refractivity contribution in [2.45, 2.75) is 23.9 Å². The zero-order chi connectivity index (χ0) is 12.3. The number of hydrogen-bond acceptors (Lipinski definition) is 5. The van der Waals surface area contributed by atoms with Crippen molar-refractivity contribution < 1.29 is 4.42 Å². The molecule has 0 aliphatic rings. The maximum absolute atomic E-state index is 11.4. The van der Waals surface area contributed by atoms with Crippen LogP contribution in [0, 0.1) is 0 Å². The average Bonchev–Trinajstić information content (AvgIpc) is 2.95. The van der Waals surface area contributed by atoms with Gasteiger partial charge in [0.25, 0.3) is 0 Å². The molecule has 3 N–H and O–H groups in total. The Morgan fingerprint density at radius 2 is 2.53 bits per heavy atom. The summed E-state index contributed by atoms with van der Waals surface area (Å²) in [4.78, 5) is 11.4. The third-order valence-corrected chi connectivity index (χ3v) is 3.59. The molecular weight excluding hydrogens is 240 g/mol. The highest BCUT2D eigenvalue weighted by Crippen LogP contribution is 2.32. The second kappa shape index (κ2) is 5.24. The molecule has 0 fully saturated rings. The van der Waals surface area contributed by atoms with Crippen molar-refractivity contribution in [3.63, 3.8) is 0 Å². The minimum Gasteiger partial charge on any atom is -0.468 e. The molecule has 0 saturated heterocycles. The van der Waals surface area contributed by atoms with Crippen LogP contribution in [0.5, 0.6) is 0 Å². The maximum atomic E-state index is 11.4. The van der Waals surface area contributed by atoms with E-state index in [-0.39, 0.29) is 10.9 Å². The summed E-state index contributed by atoms with van der Waals surface area (Å²) in [5.74, 6) is 0.788. The number of aromatic amines is 1. The molecule has 92 valence electrons. The first-order valence-electron chi connectivity index (χ1n) is 5.31. The highest BCUT2D eigenvalue weighted by atomic mass is 32.2. The largest absolute Gasteiger partial charge is 0.468 e. The zero-order valence-corrected chi connectivity index (χ0v) is 10.2. The van der Waals surface area contributed by atoms with Crippen LogP contribution in [0.15, 0.2) is 32.8 Å². The van der Waals surface area contributed by atoms with Crippen LogP contribution in [0.3, 0.4) is 0 Å². The summed E-state index contributed by atoms with van der Waals surface area (Å²) < 4.78 is 6.88. The molecule has 1 unspecified atom stereocenters. The number of furan rings is 1. The van der Waals surface area contributed by atoms with Gasteiger partial charge in [0.2, 0.25) is 0 Å². The Bertz CT molecular complexity index is 517. The number of nitrogens with one attached hydrogen (secondary N) is 1. The van der Waals surface area contributed by atoms with Crippen molar-refractivity contribution >= 4 is 11.8 Å². The molecule has 6 nitrogen and oxygen atoms in total. The van der Waals surface area contributed by atoms with Crippen LogP contribution in [0.4, 0.5) is 0 Å². The van der Waals surface area contributed by atoms with E-state index in [9.17, 15) is 4.79 Å². The fourth-order valence-electron chi connectivity index (χ4n) is 1.50. The molecule has 2 heterocycles. The van der Waals surface area contributed by atoms with Gasteiger partial charge in [-0.1, -0.05) is 11.8 Å². The van der Waals surface area contributed by atoms with Gasteiger partial charge < -0.3 is 10.2 Å². The zero-order valence-electron chi connectivity index (χ0n) is 9.42. The molecule has 0 aliphatic carbocycles. The summed E-state index contributed by atoms with van der Waals surface area (Å²) in [6, 6.07) is 3.68. The van der Waals surface area contributed by atoms with E-state index in [1.165, 1.54) is 11.8 Å². The van der Waals surface area contributed by atoms with Crippen molar-refractivity contribution in [1.82, 2.24) is 14.8 Å². The highest BCUT2D eigenvalue weighted by molar-refractivity contribution is 7.99. The van der Waals surface area contributed by atoms with Gasteiger partial charge in [0.1, 0.15) is 5.76 Å². The first-order chi connectivity index (χ1) is 8.26. The molecule has 1 atom stereocenters. The minimum absolute atomic E-state index is 0.0366. The van der Waals surface area contributed by atoms with E-state index in [4.69, 9.17) is 10.2 Å². The van der Waals surface area contributed by atoms with Gasteiger partial charge in [-0.25, -0.2) is 9.89 Å². The molecule has 2 rings (SSSR count). The number of hydrogen-bond donors (Lipinski definition) is 2. The van der Waals surface area contributed by atoms with Crippen LogP contribution in [0.2, 0.25) is 0 Å². The Hall–Kier alpha value is -1.47. The Morgan fingerprint density at radius 1 is 1.71 bits per heavy atom. The molecule has 2 aromatic heterocycles. The lowest BCUT2D eigenvalue weighted by Gasteiger charge is -2.10. The average molecular weight is 254 g/mol. The van der Waals surface area contributed by atoms with Crippen LogP contribution >= 0.6 is 11.8 Å². The fourth-order valence-corrected chi connectivity index (χ4v) is 2.53. The second-order valence-electron chi connectivity index (χ2n) is 3.41. The van der Waals surface area contributed by atoms with E-state index in [1.807, 2.05) is 19.1 Å². The Kier molecular flexibility index (Phi) is 3.70. The van der Waals surface area contributed by atoms with Gasteiger partial charge in [-0.15, -0.1) is 5.10 Å². The SMILES string of the molecule is CCn1c(SC(CN)c2ccco2)n[nH]c1=O. The molecule has 17 heavy (non-hydrogen) atoms. The van der Waals surface area contributed by atoms with Gasteiger partial charge in [0, 0.05) is 13.1 Å². The van der Waals surface area contributed by atoms with Gasteiger partial charge in [-0.2, -0.15) is 0 Å². The summed E-state index contributed by atoms with van der Waals surface area (Å²) in [6.45, 7) is 2.89. The quantitative estimate of drug-likeness (QED) is 0.776. The van der Waals surface area contributed by atoms with E-state index in [2.05, 4.69) is 10.2 Å². The molecular formula is C10H14N4O2S. The minimum atomic E-state index is -0.204. The Morgan fingerprint density at radius 3 is 3.12 bits per heavy atom. The highest BCUT2D eigenvalue weighted by Gasteiger charge is 2.18. The molecule has 0 bridgehead atoms. The van der Waals surface area contributed by atoms with Crippen LogP contribution in [-0.2, 0) is 6.54 Å². The number of nitrogens with two attached hydrogens (primary N) is 1. The first kappa shape index (κ1) is 12.0. The van der Waals surface area contributed by atoms with Gasteiger partial charge in [0.15, 0.2) is 5.16 Å². The number of thioether (sulfide) groups is 1. The van der Waals surface area contributed by atoms with Crippen molar-refractivity contribution in [3.8, 4) is 0 Å². The number of rotatable bonds is 5. The molecule has 0 amide bonds. The van der Waals surface area contributed by atoms with Gasteiger partial charge in [0.05, 0.1) is 11.5 Å². The standard InChI is InChI=1S/C10H14N4O2S/c1-2-14-9(15)12-13-10(14)17-8(6-11)7-4-3-5-16-7/h3-5,8H,2,6,11H2,1H3,(H,12,15). The normalized spacial score (nSPS) is 12.8. The van der Waals surface area contributed by atoms with E-state index < -0.39 is 0 Å². The predicted octanol–water partition coefficient (Wildman–Crippen LogP) is 0.976. The number of aromatic nitrogens is 3. The lowest BCUT2D eigenvalue weighted by atomic mass is 10.3. The van der Waals surface area contributed by atoms with Gasteiger partial charge >= 0.3 is 5.69 Å². The van der Waals surface area contributed by atoms with Crippen molar-refractivity contribution in [3.05, 3.63) is 34.6 Å². The third-order valence-electron chi connectivity index (χ3n) is 2.36. The molecule has 0 radical (unpaired) electrons. The summed E-state index contributed by atoms with van der Waals surface area (Å²) >= 11 is 1.42. The monoisotopic (exact) mass is 254 g/mol. The van der Waals surface area contributed by atoms with Crippen molar-refractivity contribution in [2.75, 3.05) is 6.54 Å². The van der Waals surface area contributed by atoms with E-state index in [0.717, 1.165) is 5.76 Å². The van der Waals surface area contributed by atoms with Crippen LogP contribution in [-0.4, -0.2) is 21.3 Å². The molecule has 0 aliphatic heterocycles. The number of H-pyrrole nitrogens is 1. The molecule has 7 heteroatoms. The lowest BCUT2D eigenvalue weighted by Crippen LogP contribution is -2.17. The summed E-state index contributed by atoms with van der Waals surface area (Å²) in [5, 5.41) is 7.00. The molecule has 2 aromatic rings. The fraction of sp³-hybridized carbons (Fsp3) is 0.400. The second-order valence-corrected chi connectivity index (χ2v) is 4.58. The molecule has 0 spiro atoms. The summed E-state index contributed by atoms with van der Waals surface area (Å²) in [7, 11) is 0. The van der Waals surface area contributed by atoms with Crippen LogP contribution in [0.25, 0.3) is 0 Å². The predicted molar refractivity (Wildman–Crippen MR) is 64.9 cm³/mol. The number of nitrogens with zero attached hydrogens (tertiary/aromatic N) is 2. The van der Waals surface area contributed by atoms with Crippen LogP contribution in [0.1, 0.15) is 17.9 Å². The lowest BCUT2D eigenvalue weighted by molar-refractivity contribution is 0.506. The van der Waals surface area contributed by atoms with E-state index in [1.54, 1.807) is 10.8 Å². The summed E-state index contributed by atoms with van der Waals surface area (Å²) in [6.07, 6.45) is 1.61. The smallest absolute Gasteiger partial charge is 0.343 e. The molecule has 0 aromatic carbocycles. The van der Waals surface area contributed by atoms with E-state index >= 15 is 0 Å². The Balaban J connectivity index is 2.21. The van der Waals surface area contributed by atoms with Crippen LogP contribution < -0.4 is 11.4 Å². The first-order valence-corrected chi connectivity index (χ1v) is 6.19.